The zero-order chi connectivity index (χ0) is 16.5. The van der Waals surface area contributed by atoms with Crippen LogP contribution in [0.15, 0.2) is 41.1 Å². The summed E-state index contributed by atoms with van der Waals surface area (Å²) in [5.74, 6) is 4.92. The van der Waals surface area contributed by atoms with Gasteiger partial charge in [0.2, 0.25) is 0 Å². The first-order valence-corrected chi connectivity index (χ1v) is 7.02. The Morgan fingerprint density at radius 1 is 1.41 bits per heavy atom. The summed E-state index contributed by atoms with van der Waals surface area (Å²) in [7, 11) is 0. The first-order chi connectivity index (χ1) is 10.2. The zero-order valence-electron chi connectivity index (χ0n) is 12.6. The van der Waals surface area contributed by atoms with Gasteiger partial charge in [-0.05, 0) is 24.3 Å². The second kappa shape index (κ2) is 5.90. The topological polar surface area (TPSA) is 92.1 Å². The van der Waals surface area contributed by atoms with E-state index in [1.54, 1.807) is 6.07 Å². The summed E-state index contributed by atoms with van der Waals surface area (Å²) < 4.78 is 0. The van der Waals surface area contributed by atoms with Gasteiger partial charge in [0.15, 0.2) is 11.5 Å². The molecule has 1 aromatic rings. The number of hydrogen-bond donors (Lipinski definition) is 2. The number of hydrazine groups is 1. The summed E-state index contributed by atoms with van der Waals surface area (Å²) in [5.41, 5.74) is 1.06. The van der Waals surface area contributed by atoms with Gasteiger partial charge in [-0.1, -0.05) is 32.4 Å². The second-order valence-electron chi connectivity index (χ2n) is 5.94. The Balaban J connectivity index is 2.21. The van der Waals surface area contributed by atoms with Crippen LogP contribution in [0.4, 0.5) is 0 Å². The van der Waals surface area contributed by atoms with E-state index in [0.717, 1.165) is 10.7 Å². The number of nitrogens with one attached hydrogen (secondary N) is 1. The number of hydrogen-bond acceptors (Lipinski definition) is 4. The highest BCUT2D eigenvalue weighted by atomic mass is 35.5. The number of carbonyl (C=O) groups excluding carboxylic acids is 2. The van der Waals surface area contributed by atoms with E-state index in [9.17, 15) is 9.59 Å². The van der Waals surface area contributed by atoms with Gasteiger partial charge in [-0.15, -0.1) is 0 Å². The van der Waals surface area contributed by atoms with Gasteiger partial charge in [-0.2, -0.15) is 5.10 Å². The number of rotatable bonds is 2. The largest absolute Gasteiger partial charge is 0.292 e. The van der Waals surface area contributed by atoms with E-state index in [2.05, 4.69) is 10.2 Å². The van der Waals surface area contributed by atoms with Crippen LogP contribution in [0.25, 0.3) is 0 Å². The van der Waals surface area contributed by atoms with Crippen LogP contribution in [0.1, 0.15) is 37.0 Å². The van der Waals surface area contributed by atoms with Crippen molar-refractivity contribution in [3.8, 4) is 0 Å². The molecule has 0 spiro atoms. The molecule has 1 aliphatic rings. The van der Waals surface area contributed by atoms with E-state index in [4.69, 9.17) is 17.4 Å². The molecule has 1 aliphatic carbocycles. The average molecular weight is 321 g/mol. The maximum atomic E-state index is 12.2. The summed E-state index contributed by atoms with van der Waals surface area (Å²) >= 11 is 5.83. The van der Waals surface area contributed by atoms with Crippen molar-refractivity contribution in [2.75, 3.05) is 0 Å². The number of aromatic amines is 1. The number of carbonyl (C=O) groups is 2. The van der Waals surface area contributed by atoms with Crippen molar-refractivity contribution < 1.29 is 9.59 Å². The third-order valence-corrected chi connectivity index (χ3v) is 3.32. The molecule has 1 amide bonds. The molecule has 7 heteroatoms. The molecule has 0 radical (unpaired) electrons. The highest BCUT2D eigenvalue weighted by Gasteiger charge is 2.21. The van der Waals surface area contributed by atoms with Crippen molar-refractivity contribution in [2.45, 2.75) is 26.2 Å². The molecule has 0 atom stereocenters. The number of amides is 1. The van der Waals surface area contributed by atoms with Crippen LogP contribution in [0, 0.1) is 0 Å². The lowest BCUT2D eigenvalue weighted by atomic mass is 9.92. The van der Waals surface area contributed by atoms with Crippen LogP contribution >= 0.6 is 11.6 Å². The Hall–Kier alpha value is -2.18. The van der Waals surface area contributed by atoms with E-state index < -0.39 is 5.91 Å². The normalized spacial score (nSPS) is 16.9. The van der Waals surface area contributed by atoms with E-state index in [-0.39, 0.29) is 22.5 Å². The van der Waals surface area contributed by atoms with E-state index in [0.29, 0.717) is 5.03 Å². The lowest BCUT2D eigenvalue weighted by Crippen LogP contribution is -2.33. The quantitative estimate of drug-likeness (QED) is 0.378. The third kappa shape index (κ3) is 3.52. The lowest BCUT2D eigenvalue weighted by molar-refractivity contribution is -0.111. The number of nitrogens with two attached hydrogens (primary N) is 1. The molecule has 22 heavy (non-hydrogen) atoms. The molecule has 1 aromatic heterocycles. The SMILES string of the molecule is CC(C)(C)c1cc(C(=O)N(N)C=C2C=C(Cl)C=CC2=O)n[nH]1. The van der Waals surface area contributed by atoms with E-state index in [1.807, 2.05) is 20.8 Å². The Bertz CT molecular complexity index is 707. The summed E-state index contributed by atoms with van der Waals surface area (Å²) in [6, 6.07) is 1.64. The lowest BCUT2D eigenvalue weighted by Gasteiger charge is -2.15. The van der Waals surface area contributed by atoms with Crippen molar-refractivity contribution in [1.82, 2.24) is 15.2 Å². The van der Waals surface area contributed by atoms with Crippen molar-refractivity contribution in [1.29, 1.82) is 0 Å². The minimum absolute atomic E-state index is 0.163. The predicted molar refractivity (Wildman–Crippen MR) is 83.8 cm³/mol. The highest BCUT2D eigenvalue weighted by Crippen LogP contribution is 2.21. The highest BCUT2D eigenvalue weighted by molar-refractivity contribution is 6.33. The van der Waals surface area contributed by atoms with Gasteiger partial charge in [0, 0.05) is 27.9 Å². The smallest absolute Gasteiger partial charge is 0.289 e. The van der Waals surface area contributed by atoms with Gasteiger partial charge < -0.3 is 0 Å². The second-order valence-corrected chi connectivity index (χ2v) is 6.38. The van der Waals surface area contributed by atoms with E-state index in [1.165, 1.54) is 24.4 Å². The maximum Gasteiger partial charge on any atom is 0.292 e. The molecule has 3 N–H and O–H groups in total. The van der Waals surface area contributed by atoms with Crippen molar-refractivity contribution in [3.63, 3.8) is 0 Å². The first-order valence-electron chi connectivity index (χ1n) is 6.64. The van der Waals surface area contributed by atoms with Crippen LogP contribution in [0.2, 0.25) is 0 Å². The minimum atomic E-state index is -0.522. The predicted octanol–water partition coefficient (Wildman–Crippen LogP) is 2.17. The molecule has 0 fully saturated rings. The van der Waals surface area contributed by atoms with Gasteiger partial charge in [0.1, 0.15) is 0 Å². The molecule has 0 saturated heterocycles. The molecule has 0 saturated carbocycles. The fourth-order valence-electron chi connectivity index (χ4n) is 1.78. The molecule has 1 heterocycles. The number of nitrogens with zero attached hydrogens (tertiary/aromatic N) is 2. The summed E-state index contributed by atoms with van der Waals surface area (Å²) in [6.45, 7) is 5.99. The first kappa shape index (κ1) is 16.2. The molecule has 0 aliphatic heterocycles. The van der Waals surface area contributed by atoms with Crippen LogP contribution in [-0.4, -0.2) is 26.9 Å². The van der Waals surface area contributed by atoms with Crippen LogP contribution < -0.4 is 5.84 Å². The summed E-state index contributed by atoms with van der Waals surface area (Å²) in [4.78, 5) is 23.9. The molecule has 2 rings (SSSR count). The zero-order valence-corrected chi connectivity index (χ0v) is 13.3. The fourth-order valence-corrected chi connectivity index (χ4v) is 1.96. The van der Waals surface area contributed by atoms with Gasteiger partial charge in [0.25, 0.3) is 5.91 Å². The van der Waals surface area contributed by atoms with Crippen LogP contribution in [-0.2, 0) is 10.2 Å². The fraction of sp³-hybridized carbons (Fsp3) is 0.267. The molecule has 0 bridgehead atoms. The van der Waals surface area contributed by atoms with Gasteiger partial charge in [-0.3, -0.25) is 14.7 Å². The number of ketones is 1. The number of H-pyrrole nitrogens is 1. The van der Waals surface area contributed by atoms with Crippen LogP contribution in [0.5, 0.6) is 0 Å². The summed E-state index contributed by atoms with van der Waals surface area (Å²) in [5, 5.41) is 8.00. The van der Waals surface area contributed by atoms with Gasteiger partial charge >= 0.3 is 0 Å². The molecule has 116 valence electrons. The molecule has 0 unspecified atom stereocenters. The third-order valence-electron chi connectivity index (χ3n) is 3.09. The van der Waals surface area contributed by atoms with Crippen molar-refractivity contribution in [2.24, 2.45) is 5.84 Å². The molecule has 0 aromatic carbocycles. The van der Waals surface area contributed by atoms with Gasteiger partial charge in [-0.25, -0.2) is 10.9 Å². The Morgan fingerprint density at radius 3 is 2.68 bits per heavy atom. The van der Waals surface area contributed by atoms with E-state index >= 15 is 0 Å². The number of halogens is 1. The Labute approximate surface area is 133 Å². The summed E-state index contributed by atoms with van der Waals surface area (Å²) in [6.07, 6.45) is 5.48. The minimum Gasteiger partial charge on any atom is -0.289 e. The van der Waals surface area contributed by atoms with Crippen LogP contribution in [0.3, 0.4) is 0 Å². The maximum absolute atomic E-state index is 12.2. The number of aromatic nitrogens is 2. The van der Waals surface area contributed by atoms with Crippen molar-refractivity contribution >= 4 is 23.3 Å². The van der Waals surface area contributed by atoms with Gasteiger partial charge in [0.05, 0.1) is 0 Å². The monoisotopic (exact) mass is 320 g/mol. The average Bonchev–Trinajstić information content (AvgIpc) is 2.91. The number of allylic oxidation sites excluding steroid dienone is 5. The van der Waals surface area contributed by atoms with Crippen molar-refractivity contribution in [3.05, 3.63) is 52.5 Å². The Kier molecular flexibility index (Phi) is 4.35. The molecular formula is C15H17ClN4O2. The Morgan fingerprint density at radius 2 is 2.09 bits per heavy atom. The molecular weight excluding hydrogens is 304 g/mol. The standard InChI is InChI=1S/C15H17ClN4O2/c1-15(2,3)13-7-11(18-19-13)14(22)20(17)8-9-6-10(16)4-5-12(9)21/h4-8H,17H2,1-3H3,(H,18,19). The molecule has 6 nitrogen and oxygen atoms in total.